The summed E-state index contributed by atoms with van der Waals surface area (Å²) < 4.78 is 6.41. The molecule has 5 heteroatoms. The third-order valence-electron chi connectivity index (χ3n) is 3.47. The molecule has 0 bridgehead atoms. The summed E-state index contributed by atoms with van der Waals surface area (Å²) in [7, 11) is 0. The number of nitrogens with two attached hydrogens (primary N) is 1. The third-order valence-corrected chi connectivity index (χ3v) is 4.63. The van der Waals surface area contributed by atoms with Gasteiger partial charge in [0.1, 0.15) is 0 Å². The van der Waals surface area contributed by atoms with Crippen molar-refractivity contribution in [3.8, 4) is 0 Å². The first-order valence-corrected chi connectivity index (χ1v) is 6.92. The third kappa shape index (κ3) is 2.53. The molecule has 18 heavy (non-hydrogen) atoms. The minimum atomic E-state index is -0.643. The fourth-order valence-corrected chi connectivity index (χ4v) is 2.38. The molecule has 1 aromatic rings. The number of benzene rings is 1. The van der Waals surface area contributed by atoms with Gasteiger partial charge in [-0.15, -0.1) is 0 Å². The van der Waals surface area contributed by atoms with Gasteiger partial charge in [0.05, 0.1) is 18.6 Å². The van der Waals surface area contributed by atoms with Gasteiger partial charge < -0.3 is 15.8 Å². The predicted molar refractivity (Wildman–Crippen MR) is 79.4 cm³/mol. The highest BCUT2D eigenvalue weighted by Gasteiger charge is 2.44. The van der Waals surface area contributed by atoms with Gasteiger partial charge in [-0.3, -0.25) is 4.79 Å². The molecule has 0 radical (unpaired) electrons. The molecule has 4 nitrogen and oxygen atoms in total. The fourth-order valence-electron chi connectivity index (χ4n) is 1.87. The second-order valence-corrected chi connectivity index (χ2v) is 6.12. The van der Waals surface area contributed by atoms with E-state index in [1.165, 1.54) is 5.56 Å². The number of ether oxygens (including phenoxy) is 1. The summed E-state index contributed by atoms with van der Waals surface area (Å²) in [6.45, 7) is 4.70. The molecular formula is C13H17IN2O2. The van der Waals surface area contributed by atoms with Gasteiger partial charge in [-0.2, -0.15) is 0 Å². The molecule has 0 spiro atoms. The van der Waals surface area contributed by atoms with Crippen molar-refractivity contribution in [2.24, 2.45) is 11.1 Å². The van der Waals surface area contributed by atoms with E-state index in [-0.39, 0.29) is 11.9 Å². The summed E-state index contributed by atoms with van der Waals surface area (Å²) in [5, 5.41) is 2.92. The Hall–Kier alpha value is -0.660. The number of rotatable bonds is 2. The molecule has 2 atom stereocenters. The van der Waals surface area contributed by atoms with Gasteiger partial charge in [-0.1, -0.05) is 6.07 Å². The van der Waals surface area contributed by atoms with E-state index < -0.39 is 5.41 Å². The molecule has 1 saturated heterocycles. The Kier molecular flexibility index (Phi) is 3.93. The SMILES string of the molecule is Cc1ccc(NC(=O)C2(C)COCC2N)cc1I. The van der Waals surface area contributed by atoms with Gasteiger partial charge in [0, 0.05) is 15.3 Å². The van der Waals surface area contributed by atoms with Crippen LogP contribution in [0, 0.1) is 15.9 Å². The smallest absolute Gasteiger partial charge is 0.234 e. The van der Waals surface area contributed by atoms with E-state index in [0.29, 0.717) is 13.2 Å². The molecule has 0 aliphatic carbocycles. The molecule has 0 saturated carbocycles. The minimum absolute atomic E-state index is 0.0767. The number of carbonyl (C=O) groups excluding carboxylic acids is 1. The van der Waals surface area contributed by atoms with Gasteiger partial charge >= 0.3 is 0 Å². The number of halogens is 1. The van der Waals surface area contributed by atoms with E-state index in [2.05, 4.69) is 27.9 Å². The van der Waals surface area contributed by atoms with Crippen LogP contribution in [0.3, 0.4) is 0 Å². The first kappa shape index (κ1) is 13.8. The fraction of sp³-hybridized carbons (Fsp3) is 0.462. The second kappa shape index (κ2) is 5.14. The lowest BCUT2D eigenvalue weighted by Gasteiger charge is -2.25. The normalized spacial score (nSPS) is 27.2. The molecule has 1 aliphatic heterocycles. The number of nitrogens with one attached hydrogen (secondary N) is 1. The van der Waals surface area contributed by atoms with Crippen molar-refractivity contribution in [2.45, 2.75) is 19.9 Å². The van der Waals surface area contributed by atoms with Crippen LogP contribution >= 0.6 is 22.6 Å². The Bertz CT molecular complexity index is 478. The van der Waals surface area contributed by atoms with Gasteiger partial charge in [0.25, 0.3) is 0 Å². The molecule has 1 aliphatic rings. The van der Waals surface area contributed by atoms with E-state index in [1.54, 1.807) is 0 Å². The van der Waals surface area contributed by atoms with E-state index in [9.17, 15) is 4.79 Å². The van der Waals surface area contributed by atoms with Crippen LogP contribution in [0.1, 0.15) is 12.5 Å². The molecule has 0 aromatic heterocycles. The summed E-state index contributed by atoms with van der Waals surface area (Å²) in [6, 6.07) is 5.60. The van der Waals surface area contributed by atoms with Crippen molar-refractivity contribution in [3.63, 3.8) is 0 Å². The Morgan fingerprint density at radius 3 is 2.89 bits per heavy atom. The number of anilines is 1. The lowest BCUT2D eigenvalue weighted by atomic mass is 9.85. The lowest BCUT2D eigenvalue weighted by Crippen LogP contribution is -2.47. The summed E-state index contributed by atoms with van der Waals surface area (Å²) in [5.74, 6) is -0.0767. The van der Waals surface area contributed by atoms with Crippen molar-refractivity contribution in [1.82, 2.24) is 0 Å². The highest BCUT2D eigenvalue weighted by atomic mass is 127. The molecule has 2 rings (SSSR count). The zero-order valence-corrected chi connectivity index (χ0v) is 12.7. The number of amides is 1. The van der Waals surface area contributed by atoms with Crippen LogP contribution in [0.4, 0.5) is 5.69 Å². The molecule has 2 unspecified atom stereocenters. The summed E-state index contributed by atoms with van der Waals surface area (Å²) in [5.41, 5.74) is 7.29. The summed E-state index contributed by atoms with van der Waals surface area (Å²) >= 11 is 2.25. The largest absolute Gasteiger partial charge is 0.379 e. The lowest BCUT2D eigenvalue weighted by molar-refractivity contribution is -0.125. The van der Waals surface area contributed by atoms with Crippen molar-refractivity contribution in [3.05, 3.63) is 27.3 Å². The number of hydrogen-bond donors (Lipinski definition) is 2. The molecule has 3 N–H and O–H groups in total. The summed E-state index contributed by atoms with van der Waals surface area (Å²) in [4.78, 5) is 12.3. The maximum absolute atomic E-state index is 12.3. The van der Waals surface area contributed by atoms with Crippen LogP contribution in [-0.2, 0) is 9.53 Å². The molecular weight excluding hydrogens is 343 g/mol. The van der Waals surface area contributed by atoms with Gasteiger partial charge in [0.15, 0.2) is 0 Å². The number of carbonyl (C=O) groups is 1. The Labute approximate surface area is 120 Å². The monoisotopic (exact) mass is 360 g/mol. The molecule has 1 fully saturated rings. The van der Waals surface area contributed by atoms with E-state index in [0.717, 1.165) is 9.26 Å². The second-order valence-electron chi connectivity index (χ2n) is 4.96. The Morgan fingerprint density at radius 2 is 2.33 bits per heavy atom. The number of aryl methyl sites for hydroxylation is 1. The average molecular weight is 360 g/mol. The van der Waals surface area contributed by atoms with Crippen molar-refractivity contribution in [1.29, 1.82) is 0 Å². The van der Waals surface area contributed by atoms with Crippen molar-refractivity contribution < 1.29 is 9.53 Å². The Morgan fingerprint density at radius 1 is 1.61 bits per heavy atom. The minimum Gasteiger partial charge on any atom is -0.379 e. The van der Waals surface area contributed by atoms with Gasteiger partial charge in [-0.05, 0) is 54.1 Å². The average Bonchev–Trinajstić information content (AvgIpc) is 2.66. The van der Waals surface area contributed by atoms with Crippen LogP contribution in [0.15, 0.2) is 18.2 Å². The molecule has 1 amide bonds. The zero-order chi connectivity index (χ0) is 13.3. The first-order chi connectivity index (χ1) is 8.43. The molecule has 1 aromatic carbocycles. The maximum atomic E-state index is 12.3. The van der Waals surface area contributed by atoms with Crippen molar-refractivity contribution >= 4 is 34.2 Å². The van der Waals surface area contributed by atoms with Crippen LogP contribution in [0.25, 0.3) is 0 Å². The van der Waals surface area contributed by atoms with Crippen LogP contribution in [-0.4, -0.2) is 25.2 Å². The predicted octanol–water partition coefficient (Wildman–Crippen LogP) is 1.90. The Balaban J connectivity index is 2.14. The highest BCUT2D eigenvalue weighted by molar-refractivity contribution is 14.1. The van der Waals surface area contributed by atoms with Crippen LogP contribution < -0.4 is 11.1 Å². The maximum Gasteiger partial charge on any atom is 0.234 e. The topological polar surface area (TPSA) is 64.3 Å². The van der Waals surface area contributed by atoms with Crippen LogP contribution in [0.2, 0.25) is 0 Å². The van der Waals surface area contributed by atoms with E-state index in [4.69, 9.17) is 10.5 Å². The zero-order valence-electron chi connectivity index (χ0n) is 10.5. The quantitative estimate of drug-likeness (QED) is 0.792. The highest BCUT2D eigenvalue weighted by Crippen LogP contribution is 2.29. The number of hydrogen-bond acceptors (Lipinski definition) is 3. The first-order valence-electron chi connectivity index (χ1n) is 5.84. The van der Waals surface area contributed by atoms with Crippen molar-refractivity contribution in [2.75, 3.05) is 18.5 Å². The molecule has 1 heterocycles. The van der Waals surface area contributed by atoms with E-state index >= 15 is 0 Å². The van der Waals surface area contributed by atoms with Crippen LogP contribution in [0.5, 0.6) is 0 Å². The standard InChI is InChI=1S/C13H17IN2O2/c1-8-3-4-9(5-10(8)14)16-12(17)13(2)7-18-6-11(13)15/h3-5,11H,6-7,15H2,1-2H3,(H,16,17). The molecule has 98 valence electrons. The van der Waals surface area contributed by atoms with E-state index in [1.807, 2.05) is 32.0 Å². The van der Waals surface area contributed by atoms with Gasteiger partial charge in [0.2, 0.25) is 5.91 Å². The van der Waals surface area contributed by atoms with Gasteiger partial charge in [-0.25, -0.2) is 0 Å². The summed E-state index contributed by atoms with van der Waals surface area (Å²) in [6.07, 6.45) is 0.